The van der Waals surface area contributed by atoms with Crippen molar-refractivity contribution in [3.8, 4) is 5.75 Å². The van der Waals surface area contributed by atoms with Gasteiger partial charge in [0.15, 0.2) is 16.1 Å². The zero-order chi connectivity index (χ0) is 23.8. The summed E-state index contributed by atoms with van der Waals surface area (Å²) in [6.45, 7) is 4.51. The third kappa shape index (κ3) is 4.90. The number of carbonyl (C=O) groups excluding carboxylic acids is 2. The minimum absolute atomic E-state index is 0.0550. The summed E-state index contributed by atoms with van der Waals surface area (Å²) < 4.78 is 36.5. The van der Waals surface area contributed by atoms with Crippen LogP contribution in [0.2, 0.25) is 0 Å². The molecule has 0 N–H and O–H groups in total. The van der Waals surface area contributed by atoms with Crippen LogP contribution < -0.4 is 4.74 Å². The van der Waals surface area contributed by atoms with Crippen LogP contribution in [0.1, 0.15) is 46.8 Å². The molecule has 0 aliphatic carbocycles. The topological polar surface area (TPSA) is 90.0 Å². The summed E-state index contributed by atoms with van der Waals surface area (Å²) in [7, 11) is -1.88. The highest BCUT2D eigenvalue weighted by Crippen LogP contribution is 2.35. The number of carbonyl (C=O) groups is 2. The summed E-state index contributed by atoms with van der Waals surface area (Å²) in [4.78, 5) is 25.7. The van der Waals surface area contributed by atoms with E-state index in [0.29, 0.717) is 36.5 Å². The molecule has 2 saturated heterocycles. The first-order valence-electron chi connectivity index (χ1n) is 11.1. The summed E-state index contributed by atoms with van der Waals surface area (Å²) in [6, 6.07) is 12.7. The molecule has 3 atom stereocenters. The minimum atomic E-state index is -3.37. The Hall–Kier alpha value is -2.87. The van der Waals surface area contributed by atoms with Crippen LogP contribution in [0.4, 0.5) is 4.79 Å². The number of fused-ring (bicyclic) bond motifs is 1. The molecule has 0 unspecified atom stereocenters. The smallest absolute Gasteiger partial charge is 0.410 e. The van der Waals surface area contributed by atoms with Gasteiger partial charge in [0, 0.05) is 12.5 Å². The molecule has 7 nitrogen and oxygen atoms in total. The van der Waals surface area contributed by atoms with Crippen LogP contribution in [0.5, 0.6) is 5.75 Å². The van der Waals surface area contributed by atoms with E-state index < -0.39 is 34.0 Å². The van der Waals surface area contributed by atoms with E-state index in [9.17, 15) is 18.0 Å². The molecule has 0 bridgehead atoms. The average Bonchev–Trinajstić information content (AvgIpc) is 3.08. The first-order chi connectivity index (χ1) is 15.7. The normalized spacial score (nSPS) is 23.8. The van der Waals surface area contributed by atoms with E-state index in [4.69, 9.17) is 9.47 Å². The lowest BCUT2D eigenvalue weighted by Gasteiger charge is -2.34. The van der Waals surface area contributed by atoms with Crippen LogP contribution in [0.3, 0.4) is 0 Å². The predicted molar refractivity (Wildman–Crippen MR) is 124 cm³/mol. The van der Waals surface area contributed by atoms with E-state index in [2.05, 4.69) is 19.9 Å². The number of sulfone groups is 1. The fourth-order valence-corrected chi connectivity index (χ4v) is 6.82. The van der Waals surface area contributed by atoms with Gasteiger partial charge in [-0.05, 0) is 41.2 Å². The number of benzene rings is 2. The van der Waals surface area contributed by atoms with Crippen LogP contribution >= 0.6 is 0 Å². The van der Waals surface area contributed by atoms with Gasteiger partial charge in [0.1, 0.15) is 11.9 Å². The first kappa shape index (κ1) is 23.3. The van der Waals surface area contributed by atoms with E-state index in [-0.39, 0.29) is 11.5 Å². The predicted octanol–water partition coefficient (Wildman–Crippen LogP) is 3.61. The van der Waals surface area contributed by atoms with Crippen LogP contribution in [0, 0.1) is 5.92 Å². The molecule has 0 aromatic heterocycles. The van der Waals surface area contributed by atoms with Crippen LogP contribution in [-0.2, 0) is 27.5 Å². The number of nitrogens with zero attached hydrogens (tertiary/aromatic N) is 1. The summed E-state index contributed by atoms with van der Waals surface area (Å²) >= 11 is 0. The van der Waals surface area contributed by atoms with Gasteiger partial charge in [-0.1, -0.05) is 44.2 Å². The lowest BCUT2D eigenvalue weighted by molar-refractivity contribution is 0.0970. The van der Waals surface area contributed by atoms with Gasteiger partial charge >= 0.3 is 6.09 Å². The first-order valence-corrected chi connectivity index (χ1v) is 12.9. The Kier molecular flexibility index (Phi) is 6.47. The molecule has 33 heavy (non-hydrogen) atoms. The Bertz CT molecular complexity index is 1160. The summed E-state index contributed by atoms with van der Waals surface area (Å²) in [5, 5.41) is 0. The van der Waals surface area contributed by atoms with Crippen molar-refractivity contribution in [3.63, 3.8) is 0 Å². The fourth-order valence-electron chi connectivity index (χ4n) is 4.83. The number of hydrogen-bond acceptors (Lipinski definition) is 6. The maximum atomic E-state index is 12.8. The quantitative estimate of drug-likeness (QED) is 0.573. The second-order valence-corrected chi connectivity index (χ2v) is 11.3. The summed E-state index contributed by atoms with van der Waals surface area (Å²) in [5.74, 6) is 0.262. The van der Waals surface area contributed by atoms with E-state index >= 15 is 0 Å². The molecule has 176 valence electrons. The number of aldehydes is 1. The maximum Gasteiger partial charge on any atom is 0.410 e. The highest BCUT2D eigenvalue weighted by Gasteiger charge is 2.51. The van der Waals surface area contributed by atoms with Gasteiger partial charge in [-0.15, -0.1) is 0 Å². The molecule has 0 saturated carbocycles. The molecule has 0 spiro atoms. The summed E-state index contributed by atoms with van der Waals surface area (Å²) in [5.41, 5.74) is 3.32. The Morgan fingerprint density at radius 3 is 2.64 bits per heavy atom. The molecular weight excluding hydrogens is 442 g/mol. The second kappa shape index (κ2) is 9.17. The maximum absolute atomic E-state index is 12.8. The van der Waals surface area contributed by atoms with Crippen LogP contribution in [0.15, 0.2) is 42.5 Å². The number of methoxy groups -OCH3 is 1. The molecule has 2 fully saturated rings. The number of rotatable bonds is 7. The Morgan fingerprint density at radius 1 is 1.15 bits per heavy atom. The lowest BCUT2D eigenvalue weighted by Crippen LogP contribution is -2.51. The zero-order valence-corrected chi connectivity index (χ0v) is 19.9. The third-order valence-electron chi connectivity index (χ3n) is 6.50. The second-order valence-electron chi connectivity index (χ2n) is 9.18. The van der Waals surface area contributed by atoms with E-state index in [1.165, 1.54) is 7.11 Å². The minimum Gasteiger partial charge on any atom is -0.496 e. The highest BCUT2D eigenvalue weighted by atomic mass is 32.2. The molecule has 2 heterocycles. The van der Waals surface area contributed by atoms with Gasteiger partial charge in [-0.2, -0.15) is 0 Å². The molecule has 1 amide bonds. The molecule has 0 radical (unpaired) electrons. The van der Waals surface area contributed by atoms with Crippen molar-refractivity contribution in [2.75, 3.05) is 18.6 Å². The SMILES string of the molecule is COc1ccc(C[C@@H]2CS(=O)(=O)C[C@H]3[C@H]2OC(=O)N3Cc2cccc(C(C)C)c2)cc1C=O. The Balaban J connectivity index is 1.58. The van der Waals surface area contributed by atoms with E-state index in [1.807, 2.05) is 24.3 Å². The molecule has 2 aliphatic heterocycles. The Labute approximate surface area is 194 Å². The fraction of sp³-hybridized carbons (Fsp3) is 0.440. The zero-order valence-electron chi connectivity index (χ0n) is 19.1. The van der Waals surface area contributed by atoms with Gasteiger partial charge in [0.25, 0.3) is 0 Å². The van der Waals surface area contributed by atoms with Crippen molar-refractivity contribution >= 4 is 22.2 Å². The van der Waals surface area contributed by atoms with Crippen molar-refractivity contribution in [1.29, 1.82) is 0 Å². The molecule has 8 heteroatoms. The molecule has 4 rings (SSSR count). The largest absolute Gasteiger partial charge is 0.496 e. The number of amides is 1. The average molecular weight is 472 g/mol. The van der Waals surface area contributed by atoms with Crippen molar-refractivity contribution in [3.05, 3.63) is 64.7 Å². The molecular formula is C25H29NO6S. The van der Waals surface area contributed by atoms with E-state index in [0.717, 1.165) is 16.7 Å². The standard InChI is InChI=1S/C25H29NO6S/c1-16(2)19-6-4-5-18(11-19)12-26-22-15-33(29,30)14-21(24(22)32-25(26)28)10-17-7-8-23(31-3)20(9-17)13-27/h4-9,11,13,16,21-22,24H,10,12,14-15H2,1-3H3/t21-,22+,24+/m1/s1. The van der Waals surface area contributed by atoms with Crippen molar-refractivity contribution < 1.29 is 27.5 Å². The summed E-state index contributed by atoms with van der Waals surface area (Å²) in [6.07, 6.45) is 0.0991. The molecule has 2 aliphatic rings. The van der Waals surface area contributed by atoms with Crippen molar-refractivity contribution in [2.24, 2.45) is 5.92 Å². The molecule has 2 aromatic rings. The molecule has 2 aromatic carbocycles. The van der Waals surface area contributed by atoms with Crippen LogP contribution in [-0.4, -0.2) is 56.5 Å². The number of ether oxygens (including phenoxy) is 2. The van der Waals surface area contributed by atoms with Gasteiger partial charge < -0.3 is 9.47 Å². The van der Waals surface area contributed by atoms with Gasteiger partial charge in [0.05, 0.1) is 30.2 Å². The van der Waals surface area contributed by atoms with Gasteiger partial charge in [-0.25, -0.2) is 13.2 Å². The van der Waals surface area contributed by atoms with Crippen molar-refractivity contribution in [2.45, 2.75) is 44.9 Å². The van der Waals surface area contributed by atoms with Crippen molar-refractivity contribution in [1.82, 2.24) is 4.90 Å². The van der Waals surface area contributed by atoms with Gasteiger partial charge in [-0.3, -0.25) is 9.69 Å². The lowest BCUT2D eigenvalue weighted by atomic mass is 9.90. The number of hydrogen-bond donors (Lipinski definition) is 0. The van der Waals surface area contributed by atoms with E-state index in [1.54, 1.807) is 17.0 Å². The monoisotopic (exact) mass is 471 g/mol. The van der Waals surface area contributed by atoms with Gasteiger partial charge in [0.2, 0.25) is 0 Å². The highest BCUT2D eigenvalue weighted by molar-refractivity contribution is 7.91. The third-order valence-corrected chi connectivity index (χ3v) is 8.28. The Morgan fingerprint density at radius 2 is 1.94 bits per heavy atom. The van der Waals surface area contributed by atoms with Crippen LogP contribution in [0.25, 0.3) is 0 Å².